The van der Waals surface area contributed by atoms with Crippen molar-refractivity contribution in [1.29, 1.82) is 0 Å². The molecule has 0 heterocycles. The molecular formula is C12H16N2O5. The van der Waals surface area contributed by atoms with E-state index in [4.69, 9.17) is 10.4 Å². The number of hydrogen-bond acceptors (Lipinski definition) is 6. The molecule has 104 valence electrons. The highest BCUT2D eigenvalue weighted by Gasteiger charge is 2.56. The number of rotatable bonds is 4. The minimum atomic E-state index is -0.714. The maximum Gasteiger partial charge on any atom is 0.407 e. The number of carbonyl (C=O) groups excluding carboxylic acids is 1. The predicted octanol–water partition coefficient (Wildman–Crippen LogP) is 0.835. The van der Waals surface area contributed by atoms with Crippen molar-refractivity contribution in [2.24, 2.45) is 5.92 Å². The van der Waals surface area contributed by atoms with Gasteiger partial charge in [-0.2, -0.15) is 0 Å². The molecule has 19 heavy (non-hydrogen) atoms. The molecule has 0 saturated heterocycles. The minimum absolute atomic E-state index is 0.00563. The summed E-state index contributed by atoms with van der Waals surface area (Å²) < 4.78 is 4.58. The maximum absolute atomic E-state index is 11.4. The van der Waals surface area contributed by atoms with Crippen LogP contribution >= 0.6 is 0 Å². The largest absolute Gasteiger partial charge is 0.453 e. The minimum Gasteiger partial charge on any atom is -0.453 e. The summed E-state index contributed by atoms with van der Waals surface area (Å²) in [4.78, 5) is 11.4. The summed E-state index contributed by atoms with van der Waals surface area (Å²) in [7, 11) is 1.26. The van der Waals surface area contributed by atoms with Crippen molar-refractivity contribution < 1.29 is 25.1 Å². The molecule has 2 atom stereocenters. The molecule has 1 aromatic rings. The van der Waals surface area contributed by atoms with Gasteiger partial charge in [0.25, 0.3) is 0 Å². The normalized spacial score (nSPS) is 24.7. The summed E-state index contributed by atoms with van der Waals surface area (Å²) in [6.45, 7) is -0.0732. The summed E-state index contributed by atoms with van der Waals surface area (Å²) in [5.74, 6) is -0.118. The Morgan fingerprint density at radius 3 is 2.84 bits per heavy atom. The average Bonchev–Trinajstić information content (AvgIpc) is 3.13. The second-order valence-corrected chi connectivity index (χ2v) is 4.51. The highest BCUT2D eigenvalue weighted by atomic mass is 16.8. The summed E-state index contributed by atoms with van der Waals surface area (Å²) in [6, 6.07) is 6.42. The molecule has 2 rings (SSSR count). The molecule has 0 bridgehead atoms. The number of nitrogens with zero attached hydrogens (tertiary/aromatic N) is 1. The van der Waals surface area contributed by atoms with Crippen molar-refractivity contribution in [2.45, 2.75) is 12.0 Å². The van der Waals surface area contributed by atoms with Gasteiger partial charge < -0.3 is 15.2 Å². The first kappa shape index (κ1) is 13.6. The molecule has 0 aromatic heterocycles. The van der Waals surface area contributed by atoms with Crippen LogP contribution in [0.3, 0.4) is 0 Å². The highest BCUT2D eigenvalue weighted by molar-refractivity contribution is 5.70. The lowest BCUT2D eigenvalue weighted by molar-refractivity contribution is 0.0291. The summed E-state index contributed by atoms with van der Waals surface area (Å²) in [5, 5.41) is 30.0. The lowest BCUT2D eigenvalue weighted by atomic mass is 10.0. The Bertz CT molecular complexity index is 479. The zero-order valence-corrected chi connectivity index (χ0v) is 10.4. The van der Waals surface area contributed by atoms with Gasteiger partial charge in [0, 0.05) is 12.5 Å². The number of aliphatic hydroxyl groups is 1. The zero-order chi connectivity index (χ0) is 14.0. The van der Waals surface area contributed by atoms with E-state index in [9.17, 15) is 9.90 Å². The molecule has 1 aliphatic carbocycles. The number of benzene rings is 1. The second-order valence-electron chi connectivity index (χ2n) is 4.51. The number of alkyl carbamates (subject to hydrolysis) is 1. The van der Waals surface area contributed by atoms with Crippen LogP contribution in [-0.4, -0.2) is 35.3 Å². The molecule has 0 radical (unpaired) electrons. The topological polar surface area (TPSA) is 102 Å². The van der Waals surface area contributed by atoms with E-state index in [0.29, 0.717) is 12.0 Å². The Hall–Kier alpha value is -1.83. The van der Waals surface area contributed by atoms with E-state index in [1.54, 1.807) is 12.1 Å². The van der Waals surface area contributed by atoms with Crippen LogP contribution in [0.2, 0.25) is 0 Å². The van der Waals surface area contributed by atoms with Crippen molar-refractivity contribution in [3.8, 4) is 0 Å². The highest BCUT2D eigenvalue weighted by Crippen LogP contribution is 2.52. The Morgan fingerprint density at radius 1 is 1.58 bits per heavy atom. The van der Waals surface area contributed by atoms with E-state index >= 15 is 0 Å². The van der Waals surface area contributed by atoms with Crippen molar-refractivity contribution in [1.82, 2.24) is 5.32 Å². The van der Waals surface area contributed by atoms with Crippen molar-refractivity contribution in [2.75, 3.05) is 18.9 Å². The molecular weight excluding hydrogens is 252 g/mol. The van der Waals surface area contributed by atoms with Crippen LogP contribution in [0.25, 0.3) is 0 Å². The summed E-state index contributed by atoms with van der Waals surface area (Å²) >= 11 is 0. The fourth-order valence-corrected chi connectivity index (χ4v) is 2.27. The van der Waals surface area contributed by atoms with Gasteiger partial charge in [0.1, 0.15) is 0 Å². The van der Waals surface area contributed by atoms with Crippen LogP contribution in [0.4, 0.5) is 10.5 Å². The Kier molecular flexibility index (Phi) is 3.61. The van der Waals surface area contributed by atoms with E-state index in [-0.39, 0.29) is 23.4 Å². The molecule has 0 spiro atoms. The van der Waals surface area contributed by atoms with E-state index in [0.717, 1.165) is 0 Å². The lowest BCUT2D eigenvalue weighted by Crippen LogP contribution is -2.37. The number of methoxy groups -OCH3 is 1. The third kappa shape index (κ3) is 2.48. The second kappa shape index (κ2) is 5.04. The molecule has 7 heteroatoms. The van der Waals surface area contributed by atoms with Crippen LogP contribution < -0.4 is 10.5 Å². The van der Waals surface area contributed by atoms with Gasteiger partial charge >= 0.3 is 6.09 Å². The lowest BCUT2D eigenvalue weighted by Gasteiger charge is -2.20. The maximum atomic E-state index is 11.4. The van der Waals surface area contributed by atoms with Crippen LogP contribution in [0, 0.1) is 5.92 Å². The van der Waals surface area contributed by atoms with Gasteiger partial charge in [0.2, 0.25) is 0 Å². The molecule has 4 N–H and O–H groups in total. The van der Waals surface area contributed by atoms with Crippen molar-refractivity contribution >= 4 is 11.8 Å². The van der Waals surface area contributed by atoms with Crippen LogP contribution in [-0.2, 0) is 10.3 Å². The van der Waals surface area contributed by atoms with Gasteiger partial charge in [-0.3, -0.25) is 10.4 Å². The molecule has 0 unspecified atom stereocenters. The molecule has 0 aliphatic heterocycles. The Labute approximate surface area is 109 Å². The number of hydrogen-bond donors (Lipinski definition) is 4. The first-order valence-corrected chi connectivity index (χ1v) is 5.79. The van der Waals surface area contributed by atoms with Gasteiger partial charge in [0.15, 0.2) is 0 Å². The van der Waals surface area contributed by atoms with Gasteiger partial charge in [0.05, 0.1) is 18.3 Å². The summed E-state index contributed by atoms with van der Waals surface area (Å²) in [5.41, 5.74) is 0.142. The first-order chi connectivity index (χ1) is 9.03. The molecule has 1 amide bonds. The molecule has 7 nitrogen and oxygen atoms in total. The number of aliphatic hydroxyl groups excluding tert-OH is 1. The third-order valence-electron chi connectivity index (χ3n) is 3.43. The van der Waals surface area contributed by atoms with Gasteiger partial charge in [-0.1, -0.05) is 12.1 Å². The van der Waals surface area contributed by atoms with Crippen LogP contribution in [0.15, 0.2) is 24.3 Å². The number of carbonyl (C=O) groups is 1. The van der Waals surface area contributed by atoms with Gasteiger partial charge in [-0.15, -0.1) is 5.23 Å². The fourth-order valence-electron chi connectivity index (χ4n) is 2.27. The molecule has 1 aliphatic rings. The van der Waals surface area contributed by atoms with E-state index in [2.05, 4.69) is 10.1 Å². The van der Waals surface area contributed by atoms with Gasteiger partial charge in [-0.05, 0) is 24.1 Å². The zero-order valence-electron chi connectivity index (χ0n) is 10.4. The number of amides is 1. The summed E-state index contributed by atoms with van der Waals surface area (Å²) in [6.07, 6.45) is -0.0231. The smallest absolute Gasteiger partial charge is 0.407 e. The standard InChI is InChI=1S/C12H16N2O5/c1-19-11(16)13-12(6-9(12)7-15)8-3-2-4-10(5-8)14(17)18/h2-5,9,15,17-18H,6-7H2,1H3,(H,13,16)/t9-,12+/m0/s1. The first-order valence-electron chi connectivity index (χ1n) is 5.79. The van der Waals surface area contributed by atoms with E-state index < -0.39 is 11.6 Å². The monoisotopic (exact) mass is 268 g/mol. The number of anilines is 1. The molecule has 1 fully saturated rings. The third-order valence-corrected chi connectivity index (χ3v) is 3.43. The molecule has 1 aromatic carbocycles. The van der Waals surface area contributed by atoms with Crippen molar-refractivity contribution in [3.05, 3.63) is 29.8 Å². The van der Waals surface area contributed by atoms with E-state index in [1.807, 2.05) is 0 Å². The van der Waals surface area contributed by atoms with Crippen molar-refractivity contribution in [3.63, 3.8) is 0 Å². The van der Waals surface area contributed by atoms with E-state index in [1.165, 1.54) is 19.2 Å². The quantitative estimate of drug-likeness (QED) is 0.603. The Balaban J connectivity index is 2.30. The SMILES string of the molecule is COC(=O)N[C@@]1(c2cccc(N(O)O)c2)C[C@H]1CO. The average molecular weight is 268 g/mol. The van der Waals surface area contributed by atoms with Gasteiger partial charge in [-0.25, -0.2) is 4.79 Å². The number of nitrogens with one attached hydrogen (secondary N) is 1. The van der Waals surface area contributed by atoms with Crippen LogP contribution in [0.5, 0.6) is 0 Å². The predicted molar refractivity (Wildman–Crippen MR) is 64.9 cm³/mol. The number of ether oxygens (including phenoxy) is 1. The molecule has 1 saturated carbocycles. The van der Waals surface area contributed by atoms with Crippen LogP contribution in [0.1, 0.15) is 12.0 Å². The Morgan fingerprint density at radius 2 is 2.32 bits per heavy atom. The fraction of sp³-hybridized carbons (Fsp3) is 0.417.